The fraction of sp³-hybridized carbons (Fsp3) is 0.947. The topological polar surface area (TPSA) is 36.8 Å². The zero-order valence-corrected chi connectivity index (χ0v) is 15.3. The van der Waals surface area contributed by atoms with Crippen LogP contribution in [0.25, 0.3) is 0 Å². The lowest BCUT2D eigenvalue weighted by Crippen LogP contribution is -2.52. The summed E-state index contributed by atoms with van der Waals surface area (Å²) in [7, 11) is 0. The number of rotatable bonds is 4. The van der Waals surface area contributed by atoms with E-state index in [1.807, 2.05) is 0 Å². The zero-order chi connectivity index (χ0) is 16.4. The highest BCUT2D eigenvalue weighted by Gasteiger charge is 2.36. The highest BCUT2D eigenvalue weighted by atomic mass is 15.4. The van der Waals surface area contributed by atoms with Gasteiger partial charge in [-0.3, -0.25) is 5.41 Å². The first-order valence-electron chi connectivity index (χ1n) is 10.4. The van der Waals surface area contributed by atoms with Crippen LogP contribution in [-0.4, -0.2) is 90.0 Å². The Morgan fingerprint density at radius 2 is 1.04 bits per heavy atom. The van der Waals surface area contributed by atoms with Crippen molar-refractivity contribution < 1.29 is 0 Å². The zero-order valence-electron chi connectivity index (χ0n) is 15.3. The monoisotopic (exact) mass is 333 g/mol. The van der Waals surface area contributed by atoms with Crippen molar-refractivity contribution in [1.29, 1.82) is 5.41 Å². The molecule has 0 bridgehead atoms. The van der Waals surface area contributed by atoms with E-state index in [1.165, 1.54) is 90.6 Å². The van der Waals surface area contributed by atoms with Crippen molar-refractivity contribution in [2.75, 3.05) is 52.4 Å². The minimum absolute atomic E-state index is 0.587. The summed E-state index contributed by atoms with van der Waals surface area (Å²) in [6, 6.07) is 1.17. The van der Waals surface area contributed by atoms with Crippen molar-refractivity contribution in [1.82, 2.24) is 19.6 Å². The lowest BCUT2D eigenvalue weighted by molar-refractivity contribution is 0.206. The molecule has 1 N–H and O–H groups in total. The van der Waals surface area contributed by atoms with Gasteiger partial charge in [-0.1, -0.05) is 0 Å². The maximum absolute atomic E-state index is 8.91. The predicted molar refractivity (Wildman–Crippen MR) is 98.5 cm³/mol. The number of nitrogens with zero attached hydrogens (tertiary/aromatic N) is 4. The first-order chi connectivity index (χ1) is 11.8. The largest absolute Gasteiger partial charge is 0.339 e. The molecule has 0 saturated carbocycles. The van der Waals surface area contributed by atoms with Crippen LogP contribution in [0.15, 0.2) is 0 Å². The van der Waals surface area contributed by atoms with E-state index in [1.54, 1.807) is 0 Å². The summed E-state index contributed by atoms with van der Waals surface area (Å²) < 4.78 is 0. The Morgan fingerprint density at radius 1 is 0.625 bits per heavy atom. The molecule has 5 nitrogen and oxygen atoms in total. The van der Waals surface area contributed by atoms with Gasteiger partial charge in [-0.15, -0.1) is 0 Å². The predicted octanol–water partition coefficient (Wildman–Crippen LogP) is 2.04. The molecule has 0 aromatic rings. The van der Waals surface area contributed by atoms with Crippen molar-refractivity contribution in [3.63, 3.8) is 0 Å². The SMILES string of the molecule is N=C(N1CCC[C@H]1CN1CCCC1)N1CCC[C@H]1CN1CCCC1. The van der Waals surface area contributed by atoms with Gasteiger partial charge in [0.15, 0.2) is 5.96 Å². The molecule has 0 unspecified atom stereocenters. The molecule has 4 rings (SSSR count). The molecule has 0 radical (unpaired) electrons. The summed E-state index contributed by atoms with van der Waals surface area (Å²) in [5.41, 5.74) is 0. The lowest BCUT2D eigenvalue weighted by atomic mass is 10.2. The third kappa shape index (κ3) is 3.57. The molecule has 0 aliphatic carbocycles. The Hall–Kier alpha value is -0.810. The standard InChI is InChI=1S/C19H35N5/c20-19(23-13-5-7-17(23)15-21-9-1-2-10-21)24-14-6-8-18(24)16-22-11-3-4-12-22/h17-18,20H,1-16H2/t17-,18-/m0/s1. The molecule has 4 heterocycles. The quantitative estimate of drug-likeness (QED) is 0.631. The molecule has 2 atom stereocenters. The Balaban J connectivity index is 1.35. The van der Waals surface area contributed by atoms with Gasteiger partial charge in [-0.25, -0.2) is 0 Å². The summed E-state index contributed by atoms with van der Waals surface area (Å²) in [5, 5.41) is 8.91. The molecule has 4 aliphatic heterocycles. The van der Waals surface area contributed by atoms with Gasteiger partial charge in [-0.05, 0) is 77.5 Å². The number of nitrogens with one attached hydrogen (secondary N) is 1. The van der Waals surface area contributed by atoms with E-state index >= 15 is 0 Å². The van der Waals surface area contributed by atoms with Gasteiger partial charge in [0.25, 0.3) is 0 Å². The first kappa shape index (κ1) is 16.6. The maximum atomic E-state index is 8.91. The van der Waals surface area contributed by atoms with Crippen LogP contribution in [0.4, 0.5) is 0 Å². The highest BCUT2D eigenvalue weighted by Crippen LogP contribution is 2.26. The Labute approximate surface area is 147 Å². The van der Waals surface area contributed by atoms with Crippen LogP contribution in [0.3, 0.4) is 0 Å². The minimum atomic E-state index is 0.587. The Morgan fingerprint density at radius 3 is 1.46 bits per heavy atom. The molecule has 0 amide bonds. The number of hydrogen-bond acceptors (Lipinski definition) is 3. The second-order valence-corrected chi connectivity index (χ2v) is 8.32. The summed E-state index contributed by atoms with van der Waals surface area (Å²) >= 11 is 0. The van der Waals surface area contributed by atoms with E-state index < -0.39 is 0 Å². The van der Waals surface area contributed by atoms with Crippen molar-refractivity contribution in [3.05, 3.63) is 0 Å². The average Bonchev–Trinajstić information content (AvgIpc) is 3.37. The lowest BCUT2D eigenvalue weighted by Gasteiger charge is -2.37. The van der Waals surface area contributed by atoms with Crippen LogP contribution < -0.4 is 0 Å². The first-order valence-corrected chi connectivity index (χ1v) is 10.4. The molecular weight excluding hydrogens is 298 g/mol. The molecule has 5 heteroatoms. The van der Waals surface area contributed by atoms with Crippen molar-refractivity contribution in [2.24, 2.45) is 0 Å². The molecule has 4 fully saturated rings. The van der Waals surface area contributed by atoms with E-state index in [-0.39, 0.29) is 0 Å². The molecule has 4 aliphatic rings. The molecule has 0 spiro atoms. The van der Waals surface area contributed by atoms with E-state index in [0.717, 1.165) is 19.0 Å². The van der Waals surface area contributed by atoms with Crippen LogP contribution in [0, 0.1) is 5.41 Å². The smallest absolute Gasteiger partial charge is 0.194 e. The number of guanidine groups is 1. The highest BCUT2D eigenvalue weighted by molar-refractivity contribution is 5.78. The van der Waals surface area contributed by atoms with Gasteiger partial charge >= 0.3 is 0 Å². The Kier molecular flexibility index (Phi) is 5.28. The molecule has 136 valence electrons. The van der Waals surface area contributed by atoms with Crippen molar-refractivity contribution in [3.8, 4) is 0 Å². The number of hydrogen-bond donors (Lipinski definition) is 1. The molecule has 0 aromatic carbocycles. The summed E-state index contributed by atoms with van der Waals surface area (Å²) in [6.07, 6.45) is 10.6. The van der Waals surface area contributed by atoms with E-state index in [9.17, 15) is 0 Å². The molecular formula is C19H35N5. The van der Waals surface area contributed by atoms with Gasteiger partial charge in [-0.2, -0.15) is 0 Å². The normalized spacial score (nSPS) is 32.3. The number of likely N-dealkylation sites (tertiary alicyclic amines) is 4. The van der Waals surface area contributed by atoms with Crippen LogP contribution in [0.5, 0.6) is 0 Å². The van der Waals surface area contributed by atoms with E-state index in [4.69, 9.17) is 5.41 Å². The average molecular weight is 334 g/mol. The van der Waals surface area contributed by atoms with Gasteiger partial charge in [0, 0.05) is 38.3 Å². The third-order valence-corrected chi connectivity index (χ3v) is 6.63. The molecule has 0 aromatic heterocycles. The minimum Gasteiger partial charge on any atom is -0.339 e. The van der Waals surface area contributed by atoms with Crippen molar-refractivity contribution >= 4 is 5.96 Å². The van der Waals surface area contributed by atoms with Gasteiger partial charge in [0.1, 0.15) is 0 Å². The van der Waals surface area contributed by atoms with Gasteiger partial charge in [0.2, 0.25) is 0 Å². The second kappa shape index (κ2) is 7.61. The molecule has 24 heavy (non-hydrogen) atoms. The van der Waals surface area contributed by atoms with Gasteiger partial charge in [0.05, 0.1) is 0 Å². The summed E-state index contributed by atoms with van der Waals surface area (Å²) in [4.78, 5) is 10.1. The maximum Gasteiger partial charge on any atom is 0.194 e. The van der Waals surface area contributed by atoms with E-state index in [2.05, 4.69) is 19.6 Å². The Bertz CT molecular complexity index is 389. The fourth-order valence-electron chi connectivity index (χ4n) is 5.30. The van der Waals surface area contributed by atoms with Crippen LogP contribution >= 0.6 is 0 Å². The van der Waals surface area contributed by atoms with Crippen molar-refractivity contribution in [2.45, 2.75) is 63.5 Å². The molecule has 4 saturated heterocycles. The summed E-state index contributed by atoms with van der Waals surface area (Å²) in [5.74, 6) is 0.846. The third-order valence-electron chi connectivity index (χ3n) is 6.63. The summed E-state index contributed by atoms with van der Waals surface area (Å²) in [6.45, 7) is 9.68. The van der Waals surface area contributed by atoms with Crippen LogP contribution in [-0.2, 0) is 0 Å². The van der Waals surface area contributed by atoms with E-state index in [0.29, 0.717) is 12.1 Å². The fourth-order valence-corrected chi connectivity index (χ4v) is 5.30. The van der Waals surface area contributed by atoms with Crippen LogP contribution in [0.1, 0.15) is 51.4 Å². The van der Waals surface area contributed by atoms with Crippen LogP contribution in [0.2, 0.25) is 0 Å². The van der Waals surface area contributed by atoms with Gasteiger partial charge < -0.3 is 19.6 Å². The second-order valence-electron chi connectivity index (χ2n) is 8.32.